The van der Waals surface area contributed by atoms with Gasteiger partial charge in [-0.05, 0) is 66.3 Å². The van der Waals surface area contributed by atoms with E-state index >= 15 is 0 Å². The third kappa shape index (κ3) is 5.04. The molecule has 1 aliphatic carbocycles. The fraction of sp³-hybridized carbons (Fsp3) is 0.500. The molecule has 1 atom stereocenters. The number of ether oxygens (including phenoxy) is 1. The van der Waals surface area contributed by atoms with Crippen LogP contribution in [0, 0.1) is 17.3 Å². The maximum absolute atomic E-state index is 12.8. The molecule has 0 aliphatic heterocycles. The normalized spacial score (nSPS) is 16.3. The van der Waals surface area contributed by atoms with Crippen molar-refractivity contribution in [3.8, 4) is 5.75 Å². The summed E-state index contributed by atoms with van der Waals surface area (Å²) in [6.45, 7) is 11.6. The van der Waals surface area contributed by atoms with Gasteiger partial charge in [-0.1, -0.05) is 34.6 Å². The first-order valence-electron chi connectivity index (χ1n) is 10.5. The Kier molecular flexibility index (Phi) is 6.56. The molecule has 162 valence electrons. The first kappa shape index (κ1) is 22.3. The lowest BCUT2D eigenvalue weighted by atomic mass is 9.72. The van der Waals surface area contributed by atoms with Gasteiger partial charge in [-0.3, -0.25) is 9.59 Å². The third-order valence-corrected chi connectivity index (χ3v) is 6.83. The second-order valence-corrected chi connectivity index (χ2v) is 10.7. The third-order valence-electron chi connectivity index (χ3n) is 5.66. The number of rotatable bonds is 6. The topological polar surface area (TPSA) is 81.4 Å². The molecule has 0 unspecified atom stereocenters. The van der Waals surface area contributed by atoms with Gasteiger partial charge in [0.2, 0.25) is 0 Å². The van der Waals surface area contributed by atoms with Crippen molar-refractivity contribution in [3.05, 3.63) is 45.8 Å². The lowest BCUT2D eigenvalue weighted by molar-refractivity contribution is 0.1000. The molecule has 0 spiro atoms. The summed E-state index contributed by atoms with van der Waals surface area (Å²) < 4.78 is 5.67. The number of nitrogens with one attached hydrogen (secondary N) is 1. The molecule has 3 rings (SSSR count). The van der Waals surface area contributed by atoms with Crippen molar-refractivity contribution in [2.45, 2.75) is 53.9 Å². The summed E-state index contributed by atoms with van der Waals surface area (Å²) in [4.78, 5) is 26.2. The second kappa shape index (κ2) is 8.80. The first-order chi connectivity index (χ1) is 14.1. The smallest absolute Gasteiger partial charge is 0.256 e. The molecular weight excluding hydrogens is 396 g/mol. The molecule has 1 aliphatic rings. The summed E-state index contributed by atoms with van der Waals surface area (Å²) in [6, 6.07) is 7.05. The summed E-state index contributed by atoms with van der Waals surface area (Å²) in [5, 5.41) is 3.49. The van der Waals surface area contributed by atoms with Gasteiger partial charge in [0.15, 0.2) is 0 Å². The van der Waals surface area contributed by atoms with Gasteiger partial charge in [0, 0.05) is 10.4 Å². The molecule has 2 aromatic rings. The van der Waals surface area contributed by atoms with Crippen LogP contribution in [0.2, 0.25) is 0 Å². The quantitative estimate of drug-likeness (QED) is 0.656. The van der Waals surface area contributed by atoms with Gasteiger partial charge >= 0.3 is 0 Å². The number of nitrogens with two attached hydrogens (primary N) is 1. The lowest BCUT2D eigenvalue weighted by Crippen LogP contribution is -2.27. The number of hydrogen-bond donors (Lipinski definition) is 2. The Bertz CT molecular complexity index is 923. The lowest BCUT2D eigenvalue weighted by Gasteiger charge is -2.33. The zero-order valence-electron chi connectivity index (χ0n) is 18.5. The number of primary amides is 1. The van der Waals surface area contributed by atoms with Crippen LogP contribution in [0.15, 0.2) is 24.3 Å². The molecule has 0 saturated carbocycles. The molecule has 3 N–H and O–H groups in total. The summed E-state index contributed by atoms with van der Waals surface area (Å²) in [5.41, 5.74) is 7.91. The Balaban J connectivity index is 1.79. The molecule has 2 amide bonds. The van der Waals surface area contributed by atoms with E-state index in [4.69, 9.17) is 10.5 Å². The van der Waals surface area contributed by atoms with E-state index in [1.54, 1.807) is 24.3 Å². The van der Waals surface area contributed by atoms with Crippen LogP contribution >= 0.6 is 11.3 Å². The van der Waals surface area contributed by atoms with Crippen LogP contribution in [0.25, 0.3) is 0 Å². The molecule has 0 bridgehead atoms. The maximum atomic E-state index is 12.8. The summed E-state index contributed by atoms with van der Waals surface area (Å²) in [5.74, 6) is 0.987. The fourth-order valence-electron chi connectivity index (χ4n) is 3.81. The minimum absolute atomic E-state index is 0.206. The van der Waals surface area contributed by atoms with Crippen molar-refractivity contribution in [1.29, 1.82) is 0 Å². The Hall–Kier alpha value is -2.34. The molecule has 0 radical (unpaired) electrons. The molecular formula is C24H32N2O3S. The van der Waals surface area contributed by atoms with Gasteiger partial charge in [-0.15, -0.1) is 11.3 Å². The highest BCUT2D eigenvalue weighted by atomic mass is 32.1. The second-order valence-electron chi connectivity index (χ2n) is 9.56. The van der Waals surface area contributed by atoms with E-state index in [1.165, 1.54) is 16.2 Å². The average molecular weight is 429 g/mol. The maximum Gasteiger partial charge on any atom is 0.256 e. The van der Waals surface area contributed by atoms with Crippen LogP contribution < -0.4 is 15.8 Å². The van der Waals surface area contributed by atoms with Crippen LogP contribution in [0.4, 0.5) is 5.00 Å². The van der Waals surface area contributed by atoms with Gasteiger partial charge in [0.05, 0.1) is 12.2 Å². The largest absolute Gasteiger partial charge is 0.493 e. The van der Waals surface area contributed by atoms with Crippen LogP contribution in [0.3, 0.4) is 0 Å². The van der Waals surface area contributed by atoms with E-state index in [1.807, 2.05) is 0 Å². The Morgan fingerprint density at radius 3 is 2.47 bits per heavy atom. The van der Waals surface area contributed by atoms with Crippen molar-refractivity contribution in [2.24, 2.45) is 23.0 Å². The van der Waals surface area contributed by atoms with Crippen molar-refractivity contribution in [3.63, 3.8) is 0 Å². The van der Waals surface area contributed by atoms with Gasteiger partial charge in [-0.2, -0.15) is 0 Å². The summed E-state index contributed by atoms with van der Waals surface area (Å²) in [6.07, 6.45) is 2.77. The van der Waals surface area contributed by atoms with Gasteiger partial charge in [0.25, 0.3) is 11.8 Å². The van der Waals surface area contributed by atoms with Crippen LogP contribution in [0.5, 0.6) is 5.75 Å². The molecule has 1 aromatic heterocycles. The minimum Gasteiger partial charge on any atom is -0.493 e. The van der Waals surface area contributed by atoms with Crippen LogP contribution in [-0.4, -0.2) is 18.4 Å². The zero-order chi connectivity index (χ0) is 22.1. The van der Waals surface area contributed by atoms with Crippen molar-refractivity contribution < 1.29 is 14.3 Å². The van der Waals surface area contributed by atoms with Gasteiger partial charge < -0.3 is 15.8 Å². The number of amides is 2. The highest BCUT2D eigenvalue weighted by Crippen LogP contribution is 2.44. The van der Waals surface area contributed by atoms with E-state index < -0.39 is 5.91 Å². The molecule has 1 aromatic carbocycles. The van der Waals surface area contributed by atoms with E-state index in [2.05, 4.69) is 39.9 Å². The molecule has 0 saturated heterocycles. The monoisotopic (exact) mass is 428 g/mol. The summed E-state index contributed by atoms with van der Waals surface area (Å²) in [7, 11) is 0. The highest BCUT2D eigenvalue weighted by Gasteiger charge is 2.33. The van der Waals surface area contributed by atoms with Crippen molar-refractivity contribution in [2.75, 3.05) is 11.9 Å². The number of thiophene rings is 1. The van der Waals surface area contributed by atoms with Crippen molar-refractivity contribution >= 4 is 28.2 Å². The van der Waals surface area contributed by atoms with E-state index in [0.717, 1.165) is 30.6 Å². The highest BCUT2D eigenvalue weighted by molar-refractivity contribution is 7.17. The van der Waals surface area contributed by atoms with E-state index in [0.29, 0.717) is 34.6 Å². The Morgan fingerprint density at radius 2 is 1.90 bits per heavy atom. The fourth-order valence-corrected chi connectivity index (χ4v) is 5.14. The SMILES string of the molecule is CC(C)COc1ccc(C(=O)Nc2sc3c(c2C(N)=O)CC[C@H](C(C)(C)C)C3)cc1. The predicted octanol–water partition coefficient (Wildman–Crippen LogP) is 5.29. The molecule has 30 heavy (non-hydrogen) atoms. The Morgan fingerprint density at radius 1 is 1.23 bits per heavy atom. The average Bonchev–Trinajstić information content (AvgIpc) is 3.03. The zero-order valence-corrected chi connectivity index (χ0v) is 19.3. The molecule has 6 heteroatoms. The number of fused-ring (bicyclic) bond motifs is 1. The van der Waals surface area contributed by atoms with Crippen LogP contribution in [-0.2, 0) is 12.8 Å². The number of hydrogen-bond acceptors (Lipinski definition) is 4. The number of anilines is 1. The minimum atomic E-state index is -0.477. The summed E-state index contributed by atoms with van der Waals surface area (Å²) >= 11 is 1.49. The number of carbonyl (C=O) groups excluding carboxylic acids is 2. The first-order valence-corrected chi connectivity index (χ1v) is 11.4. The van der Waals surface area contributed by atoms with Gasteiger partial charge in [-0.25, -0.2) is 0 Å². The standard InChI is InChI=1S/C24H32N2O3S/c1-14(2)13-29-17-9-6-15(7-10-17)22(28)26-23-20(21(25)27)18-11-8-16(24(3,4)5)12-19(18)30-23/h6-7,9-10,14,16H,8,11-13H2,1-5H3,(H2,25,27)(H,26,28)/t16-/m0/s1. The molecule has 0 fully saturated rings. The molecule has 1 heterocycles. The van der Waals surface area contributed by atoms with Crippen molar-refractivity contribution in [1.82, 2.24) is 0 Å². The Labute approximate surface area is 183 Å². The molecule has 5 nitrogen and oxygen atoms in total. The van der Waals surface area contributed by atoms with E-state index in [9.17, 15) is 9.59 Å². The number of benzene rings is 1. The van der Waals surface area contributed by atoms with E-state index in [-0.39, 0.29) is 11.3 Å². The predicted molar refractivity (Wildman–Crippen MR) is 123 cm³/mol. The van der Waals surface area contributed by atoms with Gasteiger partial charge in [0.1, 0.15) is 10.8 Å². The van der Waals surface area contributed by atoms with Crippen LogP contribution in [0.1, 0.15) is 72.2 Å². The number of carbonyl (C=O) groups is 2.